The second-order valence-corrected chi connectivity index (χ2v) is 2.83. The molecule has 2 nitrogen and oxygen atoms in total. The van der Waals surface area contributed by atoms with Gasteiger partial charge in [0, 0.05) is 12.3 Å². The lowest BCUT2D eigenvalue weighted by Gasteiger charge is -2.06. The Morgan fingerprint density at radius 1 is 1.36 bits per heavy atom. The van der Waals surface area contributed by atoms with Crippen molar-refractivity contribution in [2.45, 2.75) is 6.18 Å². The van der Waals surface area contributed by atoms with Crippen molar-refractivity contribution >= 4 is 11.8 Å². The van der Waals surface area contributed by atoms with Crippen molar-refractivity contribution in [2.75, 3.05) is 24.8 Å². The summed E-state index contributed by atoms with van der Waals surface area (Å²) in [6.45, 7) is -0.718. The van der Waals surface area contributed by atoms with E-state index in [0.29, 0.717) is 12.3 Å². The van der Waals surface area contributed by atoms with Gasteiger partial charge in [0.15, 0.2) is 0 Å². The third-order valence-corrected chi connectivity index (χ3v) is 1.55. The fourth-order valence-electron chi connectivity index (χ4n) is 0.359. The molecule has 0 aromatic rings. The van der Waals surface area contributed by atoms with Gasteiger partial charge < -0.3 is 10.5 Å². The molecular formula is C5H10F3NOS. The molecule has 0 saturated carbocycles. The van der Waals surface area contributed by atoms with E-state index in [9.17, 15) is 13.2 Å². The van der Waals surface area contributed by atoms with Gasteiger partial charge in [-0.25, -0.2) is 0 Å². The Bertz CT molecular complexity index is 98.2. The maximum Gasteiger partial charge on any atom is 0.411 e. The van der Waals surface area contributed by atoms with E-state index in [4.69, 9.17) is 5.73 Å². The van der Waals surface area contributed by atoms with E-state index in [1.807, 2.05) is 0 Å². The van der Waals surface area contributed by atoms with Crippen LogP contribution in [0.1, 0.15) is 0 Å². The molecule has 0 bridgehead atoms. The topological polar surface area (TPSA) is 35.2 Å². The highest BCUT2D eigenvalue weighted by atomic mass is 32.2. The molecule has 0 spiro atoms. The average Bonchev–Trinajstić information content (AvgIpc) is 1.85. The lowest BCUT2D eigenvalue weighted by atomic mass is 10.7. The van der Waals surface area contributed by atoms with Gasteiger partial charge in [-0.05, 0) is 0 Å². The zero-order valence-electron chi connectivity index (χ0n) is 5.86. The van der Waals surface area contributed by atoms with E-state index >= 15 is 0 Å². The molecule has 0 aliphatic rings. The molecule has 0 saturated heterocycles. The molecule has 0 atom stereocenters. The molecule has 0 rings (SSSR count). The van der Waals surface area contributed by atoms with Crippen LogP contribution in [-0.2, 0) is 4.74 Å². The highest BCUT2D eigenvalue weighted by Gasteiger charge is 2.27. The Hall–Kier alpha value is 0.0600. The summed E-state index contributed by atoms with van der Waals surface area (Å²) in [6.07, 6.45) is -4.22. The summed E-state index contributed by atoms with van der Waals surface area (Å²) < 4.78 is 38.5. The molecule has 0 aromatic heterocycles. The Kier molecular flexibility index (Phi) is 5.71. The normalized spacial score (nSPS) is 12.0. The third-order valence-electron chi connectivity index (χ3n) is 0.695. The Morgan fingerprint density at radius 3 is 2.45 bits per heavy atom. The fourth-order valence-corrected chi connectivity index (χ4v) is 0.844. The second-order valence-electron chi connectivity index (χ2n) is 1.78. The number of ether oxygens (including phenoxy) is 1. The van der Waals surface area contributed by atoms with Crippen molar-refractivity contribution in [2.24, 2.45) is 5.73 Å². The summed E-state index contributed by atoms with van der Waals surface area (Å²) in [4.78, 5) is 0. The third kappa shape index (κ3) is 10.1. The van der Waals surface area contributed by atoms with E-state index in [1.165, 1.54) is 11.8 Å². The first-order valence-corrected chi connectivity index (χ1v) is 4.14. The lowest BCUT2D eigenvalue weighted by Crippen LogP contribution is -2.17. The van der Waals surface area contributed by atoms with Crippen LogP contribution in [0, 0.1) is 0 Å². The van der Waals surface area contributed by atoms with Gasteiger partial charge in [0.25, 0.3) is 0 Å². The molecule has 68 valence electrons. The highest BCUT2D eigenvalue weighted by molar-refractivity contribution is 7.99. The van der Waals surface area contributed by atoms with E-state index in [0.717, 1.165) is 0 Å². The Labute approximate surface area is 67.3 Å². The van der Waals surface area contributed by atoms with E-state index in [-0.39, 0.29) is 5.94 Å². The quantitative estimate of drug-likeness (QED) is 0.521. The summed E-state index contributed by atoms with van der Waals surface area (Å²) in [6, 6.07) is 0. The zero-order chi connectivity index (χ0) is 8.74. The van der Waals surface area contributed by atoms with Crippen LogP contribution in [0.25, 0.3) is 0 Å². The first-order chi connectivity index (χ1) is 5.06. The van der Waals surface area contributed by atoms with Gasteiger partial charge in [-0.1, -0.05) is 0 Å². The van der Waals surface area contributed by atoms with Gasteiger partial charge >= 0.3 is 6.18 Å². The van der Waals surface area contributed by atoms with Gasteiger partial charge in [0.2, 0.25) is 0 Å². The average molecular weight is 189 g/mol. The van der Waals surface area contributed by atoms with Crippen LogP contribution in [0.5, 0.6) is 0 Å². The van der Waals surface area contributed by atoms with Crippen LogP contribution in [0.2, 0.25) is 0 Å². The number of hydrogen-bond donors (Lipinski definition) is 1. The SMILES string of the molecule is NCCSCOCC(F)(F)F. The molecule has 0 amide bonds. The molecule has 6 heteroatoms. The van der Waals surface area contributed by atoms with Crippen molar-refractivity contribution in [1.82, 2.24) is 0 Å². The molecule has 0 heterocycles. The largest absolute Gasteiger partial charge is 0.411 e. The van der Waals surface area contributed by atoms with Gasteiger partial charge in [0.05, 0.1) is 5.94 Å². The Morgan fingerprint density at radius 2 is 2.00 bits per heavy atom. The van der Waals surface area contributed by atoms with Gasteiger partial charge in [0.1, 0.15) is 6.61 Å². The molecule has 0 fully saturated rings. The minimum Gasteiger partial charge on any atom is -0.361 e. The van der Waals surface area contributed by atoms with Gasteiger partial charge in [-0.15, -0.1) is 11.8 Å². The van der Waals surface area contributed by atoms with Gasteiger partial charge in [-0.2, -0.15) is 13.2 Å². The molecule has 0 unspecified atom stereocenters. The molecule has 0 aliphatic carbocycles. The first kappa shape index (κ1) is 11.1. The van der Waals surface area contributed by atoms with Crippen LogP contribution < -0.4 is 5.73 Å². The standard InChI is InChI=1S/C5H10F3NOS/c6-5(7,8)3-10-4-11-2-1-9/h1-4,9H2. The number of nitrogens with two attached hydrogens (primary N) is 1. The number of rotatable bonds is 5. The fraction of sp³-hybridized carbons (Fsp3) is 1.00. The smallest absolute Gasteiger partial charge is 0.361 e. The zero-order valence-corrected chi connectivity index (χ0v) is 6.67. The van der Waals surface area contributed by atoms with E-state index in [2.05, 4.69) is 4.74 Å². The molecular weight excluding hydrogens is 179 g/mol. The predicted molar refractivity (Wildman–Crippen MR) is 38.4 cm³/mol. The van der Waals surface area contributed by atoms with Crippen LogP contribution in [-0.4, -0.2) is 31.0 Å². The van der Waals surface area contributed by atoms with Crippen molar-refractivity contribution in [3.05, 3.63) is 0 Å². The van der Waals surface area contributed by atoms with Crippen LogP contribution >= 0.6 is 11.8 Å². The maximum absolute atomic E-state index is 11.4. The summed E-state index contributed by atoms with van der Waals surface area (Å²) in [7, 11) is 0. The number of halogens is 3. The molecule has 11 heavy (non-hydrogen) atoms. The van der Waals surface area contributed by atoms with Gasteiger partial charge in [-0.3, -0.25) is 0 Å². The Balaban J connectivity index is 3.02. The predicted octanol–water partition coefficient (Wildman–Crippen LogP) is 1.21. The van der Waals surface area contributed by atoms with Crippen molar-refractivity contribution in [1.29, 1.82) is 0 Å². The number of hydrogen-bond acceptors (Lipinski definition) is 3. The van der Waals surface area contributed by atoms with E-state index in [1.54, 1.807) is 0 Å². The van der Waals surface area contributed by atoms with E-state index < -0.39 is 12.8 Å². The van der Waals surface area contributed by atoms with Crippen LogP contribution in [0.4, 0.5) is 13.2 Å². The van der Waals surface area contributed by atoms with Crippen molar-refractivity contribution in [3.8, 4) is 0 Å². The lowest BCUT2D eigenvalue weighted by molar-refractivity contribution is -0.168. The second kappa shape index (κ2) is 5.68. The summed E-state index contributed by atoms with van der Waals surface area (Å²) in [5, 5.41) is 0. The first-order valence-electron chi connectivity index (χ1n) is 2.98. The molecule has 0 radical (unpaired) electrons. The highest BCUT2D eigenvalue weighted by Crippen LogP contribution is 2.15. The summed E-state index contributed by atoms with van der Waals surface area (Å²) >= 11 is 1.25. The monoisotopic (exact) mass is 189 g/mol. The van der Waals surface area contributed by atoms with Crippen LogP contribution in [0.15, 0.2) is 0 Å². The van der Waals surface area contributed by atoms with Crippen molar-refractivity contribution < 1.29 is 17.9 Å². The summed E-state index contributed by atoms with van der Waals surface area (Å²) in [5.74, 6) is 0.675. The minimum atomic E-state index is -4.22. The molecule has 2 N–H and O–H groups in total. The minimum absolute atomic E-state index is 0.0523. The number of thioether (sulfide) groups is 1. The summed E-state index contributed by atoms with van der Waals surface area (Å²) in [5.41, 5.74) is 5.10. The molecule has 0 aromatic carbocycles. The number of alkyl halides is 3. The maximum atomic E-state index is 11.4. The van der Waals surface area contributed by atoms with Crippen molar-refractivity contribution in [3.63, 3.8) is 0 Å². The van der Waals surface area contributed by atoms with Crippen LogP contribution in [0.3, 0.4) is 0 Å². The molecule has 0 aliphatic heterocycles.